The molecule has 0 bridgehead atoms. The maximum absolute atomic E-state index is 13.7. The molecule has 0 aliphatic carbocycles. The zero-order chi connectivity index (χ0) is 14.0. The topological polar surface area (TPSA) is 53.4 Å². The van der Waals surface area contributed by atoms with Crippen molar-refractivity contribution in [1.29, 1.82) is 0 Å². The summed E-state index contributed by atoms with van der Waals surface area (Å²) >= 11 is 0. The third-order valence-electron chi connectivity index (χ3n) is 2.54. The van der Waals surface area contributed by atoms with E-state index < -0.39 is 11.4 Å². The minimum absolute atomic E-state index is 0.106. The van der Waals surface area contributed by atoms with Gasteiger partial charge in [0.2, 0.25) is 0 Å². The number of rotatable bonds is 2. The molecule has 0 aliphatic heterocycles. The molecule has 1 aromatic heterocycles. The van der Waals surface area contributed by atoms with E-state index in [1.807, 2.05) is 0 Å². The van der Waals surface area contributed by atoms with E-state index in [4.69, 9.17) is 6.57 Å². The third-order valence-corrected chi connectivity index (χ3v) is 2.54. The molecule has 1 aromatic carbocycles. The summed E-state index contributed by atoms with van der Waals surface area (Å²) in [6.07, 6.45) is 0. The smallest absolute Gasteiger partial charge is 0.291 e. The summed E-state index contributed by atoms with van der Waals surface area (Å²) in [5, 5.41) is 0. The highest BCUT2D eigenvalue weighted by Gasteiger charge is 2.15. The number of aromatic amines is 1. The molecule has 2 rings (SSSR count). The zero-order valence-electron chi connectivity index (χ0n) is 10.4. The minimum atomic E-state index is -0.577. The quantitative estimate of drug-likeness (QED) is 0.840. The van der Waals surface area contributed by atoms with Crippen molar-refractivity contribution in [1.82, 2.24) is 9.97 Å². The van der Waals surface area contributed by atoms with Crippen LogP contribution in [0.4, 0.5) is 15.9 Å². The first-order chi connectivity index (χ1) is 9.04. The second-order valence-electron chi connectivity index (χ2n) is 4.07. The Hall–Kier alpha value is -2.68. The molecule has 0 amide bonds. The molecular weight excluding hydrogens is 247 g/mol. The van der Waals surface area contributed by atoms with Gasteiger partial charge < -0.3 is 9.88 Å². The lowest BCUT2D eigenvalue weighted by atomic mass is 10.2. The number of benzene rings is 1. The van der Waals surface area contributed by atoms with E-state index in [1.165, 1.54) is 12.1 Å². The molecule has 0 fully saturated rings. The molecule has 0 radical (unpaired) electrons. The van der Waals surface area contributed by atoms with Gasteiger partial charge in [-0.1, -0.05) is 12.1 Å². The Kier molecular flexibility index (Phi) is 3.29. The Balaban J connectivity index is 2.72. The standard InChI is InChI=1S/C13H11FN4O/c1-15-10-12(18(2)3)16-11(17-13(10)19)8-6-4-5-7-9(8)14/h4-7H,2-3H3,(H,16,17,19). The van der Waals surface area contributed by atoms with Crippen LogP contribution >= 0.6 is 0 Å². The maximum Gasteiger partial charge on any atom is 0.291 e. The van der Waals surface area contributed by atoms with Crippen molar-refractivity contribution in [3.05, 3.63) is 51.9 Å². The number of hydrogen-bond acceptors (Lipinski definition) is 3. The molecule has 0 atom stereocenters. The monoisotopic (exact) mass is 258 g/mol. The molecular formula is C13H11FN4O. The molecule has 6 heteroatoms. The fourth-order valence-corrected chi connectivity index (χ4v) is 1.65. The molecule has 5 nitrogen and oxygen atoms in total. The number of aromatic nitrogens is 2. The van der Waals surface area contributed by atoms with Crippen LogP contribution in [0, 0.1) is 12.4 Å². The number of nitrogens with one attached hydrogen (secondary N) is 1. The lowest BCUT2D eigenvalue weighted by Crippen LogP contribution is -2.18. The van der Waals surface area contributed by atoms with Crippen LogP contribution in [0.1, 0.15) is 0 Å². The average molecular weight is 258 g/mol. The number of H-pyrrole nitrogens is 1. The van der Waals surface area contributed by atoms with Gasteiger partial charge in [0.1, 0.15) is 17.5 Å². The van der Waals surface area contributed by atoms with Gasteiger partial charge in [-0.05, 0) is 12.1 Å². The average Bonchev–Trinajstić information content (AvgIpc) is 2.38. The molecule has 0 unspecified atom stereocenters. The predicted octanol–water partition coefficient (Wildman–Crippen LogP) is 2.19. The summed E-state index contributed by atoms with van der Waals surface area (Å²) in [6.45, 7) is 7.00. The van der Waals surface area contributed by atoms with E-state index in [-0.39, 0.29) is 22.9 Å². The summed E-state index contributed by atoms with van der Waals surface area (Å²) in [5.41, 5.74) is -0.490. The lowest BCUT2D eigenvalue weighted by Gasteiger charge is -2.14. The van der Waals surface area contributed by atoms with Crippen molar-refractivity contribution in [2.24, 2.45) is 0 Å². The van der Waals surface area contributed by atoms with Gasteiger partial charge in [-0.25, -0.2) is 14.2 Å². The lowest BCUT2D eigenvalue weighted by molar-refractivity contribution is 0.630. The first-order valence-electron chi connectivity index (χ1n) is 5.48. The molecule has 2 aromatic rings. The van der Waals surface area contributed by atoms with Gasteiger partial charge in [0.15, 0.2) is 0 Å². The van der Waals surface area contributed by atoms with Crippen molar-refractivity contribution in [3.63, 3.8) is 0 Å². The molecule has 0 saturated carbocycles. The normalized spacial score (nSPS) is 10.0. The molecule has 1 heterocycles. The largest absolute Gasteiger partial charge is 0.371 e. The molecule has 0 spiro atoms. The van der Waals surface area contributed by atoms with Crippen LogP contribution in [0.3, 0.4) is 0 Å². The summed E-state index contributed by atoms with van der Waals surface area (Å²) in [5.74, 6) is -0.151. The van der Waals surface area contributed by atoms with E-state index in [9.17, 15) is 9.18 Å². The number of nitrogens with zero attached hydrogens (tertiary/aromatic N) is 3. The van der Waals surface area contributed by atoms with Crippen molar-refractivity contribution >= 4 is 11.5 Å². The highest BCUT2D eigenvalue weighted by atomic mass is 19.1. The van der Waals surface area contributed by atoms with E-state index in [0.717, 1.165) is 0 Å². The second kappa shape index (κ2) is 4.90. The van der Waals surface area contributed by atoms with Crippen LogP contribution in [0.5, 0.6) is 0 Å². The van der Waals surface area contributed by atoms with Gasteiger partial charge in [-0.2, -0.15) is 0 Å². The maximum atomic E-state index is 13.7. The molecule has 96 valence electrons. The van der Waals surface area contributed by atoms with Crippen LogP contribution in [-0.4, -0.2) is 24.1 Å². The van der Waals surface area contributed by atoms with Crippen LogP contribution in [-0.2, 0) is 0 Å². The Bertz CT molecular complexity index is 715. The van der Waals surface area contributed by atoms with E-state index >= 15 is 0 Å². The van der Waals surface area contributed by atoms with Crippen LogP contribution in [0.2, 0.25) is 0 Å². The summed E-state index contributed by atoms with van der Waals surface area (Å²) in [7, 11) is 3.34. The fourth-order valence-electron chi connectivity index (χ4n) is 1.65. The van der Waals surface area contributed by atoms with Crippen molar-refractivity contribution in [3.8, 4) is 11.4 Å². The number of hydrogen-bond donors (Lipinski definition) is 1. The Labute approximate surface area is 109 Å². The summed E-state index contributed by atoms with van der Waals surface area (Å²) < 4.78 is 13.7. The van der Waals surface area contributed by atoms with Gasteiger partial charge in [0.05, 0.1) is 12.1 Å². The van der Waals surface area contributed by atoms with Crippen molar-refractivity contribution < 1.29 is 4.39 Å². The Morgan fingerprint density at radius 3 is 2.63 bits per heavy atom. The Morgan fingerprint density at radius 1 is 1.37 bits per heavy atom. The SMILES string of the molecule is [C-]#[N+]c1c(N(C)C)nc(-c2ccccc2F)[nH]c1=O. The van der Waals surface area contributed by atoms with E-state index in [1.54, 1.807) is 31.1 Å². The van der Waals surface area contributed by atoms with Crippen LogP contribution < -0.4 is 10.5 Å². The first kappa shape index (κ1) is 12.8. The zero-order valence-corrected chi connectivity index (χ0v) is 10.4. The molecule has 1 N–H and O–H groups in total. The van der Waals surface area contributed by atoms with Gasteiger partial charge in [-0.15, -0.1) is 0 Å². The Morgan fingerprint density at radius 2 is 2.05 bits per heavy atom. The van der Waals surface area contributed by atoms with E-state index in [0.29, 0.717) is 0 Å². The minimum Gasteiger partial charge on any atom is -0.371 e. The highest BCUT2D eigenvalue weighted by molar-refractivity contribution is 5.68. The first-order valence-corrected chi connectivity index (χ1v) is 5.48. The summed E-state index contributed by atoms with van der Waals surface area (Å²) in [6, 6.07) is 6.01. The van der Waals surface area contributed by atoms with Gasteiger partial charge in [-0.3, -0.25) is 4.79 Å². The molecule has 0 aliphatic rings. The number of anilines is 1. The van der Waals surface area contributed by atoms with Crippen LogP contribution in [0.25, 0.3) is 16.2 Å². The fraction of sp³-hybridized carbons (Fsp3) is 0.154. The number of halogens is 1. The van der Waals surface area contributed by atoms with Crippen molar-refractivity contribution in [2.75, 3.05) is 19.0 Å². The molecule has 0 saturated heterocycles. The molecule has 19 heavy (non-hydrogen) atoms. The van der Waals surface area contributed by atoms with Gasteiger partial charge in [0, 0.05) is 14.1 Å². The predicted molar refractivity (Wildman–Crippen MR) is 70.8 cm³/mol. The summed E-state index contributed by atoms with van der Waals surface area (Å²) in [4.78, 5) is 23.1. The van der Waals surface area contributed by atoms with E-state index in [2.05, 4.69) is 14.8 Å². The highest BCUT2D eigenvalue weighted by Crippen LogP contribution is 2.24. The van der Waals surface area contributed by atoms with Crippen molar-refractivity contribution in [2.45, 2.75) is 0 Å². The second-order valence-corrected chi connectivity index (χ2v) is 4.07. The van der Waals surface area contributed by atoms with Crippen LogP contribution in [0.15, 0.2) is 29.1 Å². The van der Waals surface area contributed by atoms with Gasteiger partial charge >= 0.3 is 0 Å². The van der Waals surface area contributed by atoms with Gasteiger partial charge in [0.25, 0.3) is 11.2 Å². The third kappa shape index (κ3) is 2.31.